The molecule has 3 atom stereocenters. The van der Waals surface area contributed by atoms with Gasteiger partial charge in [-0.25, -0.2) is 13.2 Å². The molecule has 0 aromatic heterocycles. The second-order valence-corrected chi connectivity index (χ2v) is 13.6. The molecule has 38 heavy (non-hydrogen) atoms. The maximum absolute atomic E-state index is 13.5. The van der Waals surface area contributed by atoms with Crippen molar-refractivity contribution in [3.05, 3.63) is 60.2 Å². The number of anilines is 1. The SMILES string of the molecule is CCOc1ccc(N2C(=NC(=O)[C@H](Cc3ccccc3)NC(=O)OC(C)(C)C)S[C@H]3CS(=O)(=O)C[C@@H]32)cc1. The molecular weight excluding hydrogens is 526 g/mol. The van der Waals surface area contributed by atoms with Crippen molar-refractivity contribution in [2.45, 2.75) is 57.1 Å². The van der Waals surface area contributed by atoms with E-state index in [2.05, 4.69) is 10.3 Å². The molecule has 2 aromatic carbocycles. The zero-order chi connectivity index (χ0) is 27.5. The molecule has 2 aliphatic heterocycles. The van der Waals surface area contributed by atoms with Gasteiger partial charge in [-0.15, -0.1) is 0 Å². The van der Waals surface area contributed by atoms with E-state index in [1.54, 1.807) is 20.8 Å². The molecular formula is C27H33N3O6S2. The smallest absolute Gasteiger partial charge is 0.408 e. The van der Waals surface area contributed by atoms with E-state index in [0.717, 1.165) is 11.3 Å². The number of aliphatic imine (C=N–C) groups is 1. The van der Waals surface area contributed by atoms with Crippen LogP contribution in [0.2, 0.25) is 0 Å². The lowest BCUT2D eigenvalue weighted by atomic mass is 10.1. The first-order valence-electron chi connectivity index (χ1n) is 12.5. The summed E-state index contributed by atoms with van der Waals surface area (Å²) in [7, 11) is -3.21. The number of rotatable bonds is 7. The third kappa shape index (κ3) is 7.08. The lowest BCUT2D eigenvalue weighted by molar-refractivity contribution is -0.119. The van der Waals surface area contributed by atoms with E-state index < -0.39 is 33.5 Å². The fraction of sp³-hybridized carbons (Fsp3) is 0.444. The van der Waals surface area contributed by atoms with Crippen molar-refractivity contribution in [1.29, 1.82) is 0 Å². The van der Waals surface area contributed by atoms with Crippen molar-refractivity contribution in [2.24, 2.45) is 4.99 Å². The van der Waals surface area contributed by atoms with Crippen LogP contribution in [0.4, 0.5) is 10.5 Å². The lowest BCUT2D eigenvalue weighted by Gasteiger charge is -2.25. The van der Waals surface area contributed by atoms with E-state index in [1.165, 1.54) is 11.8 Å². The molecule has 2 heterocycles. The van der Waals surface area contributed by atoms with Gasteiger partial charge in [-0.3, -0.25) is 4.79 Å². The number of nitrogens with zero attached hydrogens (tertiary/aromatic N) is 2. The number of carbonyl (C=O) groups excluding carboxylic acids is 2. The van der Waals surface area contributed by atoms with E-state index in [1.807, 2.05) is 66.4 Å². The molecule has 11 heteroatoms. The highest BCUT2D eigenvalue weighted by atomic mass is 32.2. The topological polar surface area (TPSA) is 114 Å². The van der Waals surface area contributed by atoms with E-state index in [4.69, 9.17) is 9.47 Å². The van der Waals surface area contributed by atoms with Crippen molar-refractivity contribution in [3.63, 3.8) is 0 Å². The molecule has 2 aromatic rings. The van der Waals surface area contributed by atoms with Gasteiger partial charge in [0.25, 0.3) is 5.91 Å². The first-order valence-corrected chi connectivity index (χ1v) is 15.2. The van der Waals surface area contributed by atoms with Crippen molar-refractivity contribution < 1.29 is 27.5 Å². The fourth-order valence-corrected chi connectivity index (χ4v) is 8.33. The van der Waals surface area contributed by atoms with Crippen molar-refractivity contribution >= 4 is 44.5 Å². The Morgan fingerprint density at radius 3 is 2.42 bits per heavy atom. The molecule has 9 nitrogen and oxygen atoms in total. The molecule has 0 spiro atoms. The number of sulfone groups is 1. The highest BCUT2D eigenvalue weighted by Gasteiger charge is 2.49. The molecule has 0 radical (unpaired) electrons. The maximum Gasteiger partial charge on any atom is 0.408 e. The quantitative estimate of drug-likeness (QED) is 0.545. The van der Waals surface area contributed by atoms with Gasteiger partial charge in [-0.1, -0.05) is 42.1 Å². The zero-order valence-electron chi connectivity index (χ0n) is 21.9. The van der Waals surface area contributed by atoms with Crippen LogP contribution in [0.25, 0.3) is 0 Å². The number of amides is 2. The molecule has 2 saturated heterocycles. The van der Waals surface area contributed by atoms with E-state index in [-0.39, 0.29) is 29.2 Å². The summed E-state index contributed by atoms with van der Waals surface area (Å²) < 4.78 is 35.7. The number of nitrogens with one attached hydrogen (secondary N) is 1. The highest BCUT2D eigenvalue weighted by molar-refractivity contribution is 8.16. The van der Waals surface area contributed by atoms with Gasteiger partial charge in [0.05, 0.1) is 24.2 Å². The Morgan fingerprint density at radius 1 is 1.11 bits per heavy atom. The number of hydrogen-bond acceptors (Lipinski definition) is 7. The maximum atomic E-state index is 13.5. The van der Waals surface area contributed by atoms with Gasteiger partial charge in [0.2, 0.25) is 0 Å². The number of hydrogen-bond donors (Lipinski definition) is 1. The van der Waals surface area contributed by atoms with Crippen LogP contribution in [0.15, 0.2) is 59.6 Å². The number of amidine groups is 1. The molecule has 0 unspecified atom stereocenters. The van der Waals surface area contributed by atoms with Crippen molar-refractivity contribution in [2.75, 3.05) is 23.0 Å². The van der Waals surface area contributed by atoms with Crippen LogP contribution in [0.1, 0.15) is 33.3 Å². The number of fused-ring (bicyclic) bond motifs is 1. The minimum absolute atomic E-state index is 0.0192. The van der Waals surface area contributed by atoms with Gasteiger partial charge in [-0.05, 0) is 57.5 Å². The van der Waals surface area contributed by atoms with Crippen LogP contribution in [-0.4, -0.2) is 66.6 Å². The molecule has 1 N–H and O–H groups in total. The van der Waals surface area contributed by atoms with E-state index >= 15 is 0 Å². The standard InChI is InChI=1S/C27H33N3O6S2/c1-5-35-20-13-11-19(12-14-20)30-22-16-38(33,34)17-23(22)37-25(30)29-24(31)21(15-18-9-7-6-8-10-18)28-26(32)36-27(2,3)4/h6-14,21-23H,5,15-17H2,1-4H3,(H,28,32)/t21-,22-,23-/m0/s1. The molecule has 0 bridgehead atoms. The van der Waals surface area contributed by atoms with Crippen LogP contribution in [0.3, 0.4) is 0 Å². The fourth-order valence-electron chi connectivity index (χ4n) is 4.41. The largest absolute Gasteiger partial charge is 0.494 e. The van der Waals surface area contributed by atoms with E-state index in [0.29, 0.717) is 17.5 Å². The van der Waals surface area contributed by atoms with Crippen LogP contribution in [0, 0.1) is 0 Å². The van der Waals surface area contributed by atoms with Gasteiger partial charge in [0.1, 0.15) is 17.4 Å². The first kappa shape index (κ1) is 28.0. The summed E-state index contributed by atoms with van der Waals surface area (Å²) >= 11 is 1.28. The van der Waals surface area contributed by atoms with Gasteiger partial charge in [0, 0.05) is 17.4 Å². The molecule has 2 aliphatic rings. The molecule has 0 saturated carbocycles. The molecule has 2 fully saturated rings. The Hall–Kier alpha value is -3.05. The third-order valence-electron chi connectivity index (χ3n) is 5.97. The Bertz CT molecular complexity index is 1290. The number of ether oxygens (including phenoxy) is 2. The normalized spacial score (nSPS) is 22.1. The lowest BCUT2D eigenvalue weighted by Crippen LogP contribution is -2.45. The summed E-state index contributed by atoms with van der Waals surface area (Å²) in [6.45, 7) is 7.66. The second-order valence-electron chi connectivity index (χ2n) is 10.2. The summed E-state index contributed by atoms with van der Waals surface area (Å²) in [4.78, 5) is 32.4. The highest BCUT2D eigenvalue weighted by Crippen LogP contribution is 2.41. The monoisotopic (exact) mass is 559 g/mol. The Kier molecular flexibility index (Phi) is 8.37. The summed E-state index contributed by atoms with van der Waals surface area (Å²) in [5.74, 6) is 0.153. The average Bonchev–Trinajstić information content (AvgIpc) is 3.29. The first-order chi connectivity index (χ1) is 17.9. The second kappa shape index (κ2) is 11.4. The third-order valence-corrected chi connectivity index (χ3v) is 9.18. The van der Waals surface area contributed by atoms with Crippen LogP contribution < -0.4 is 15.0 Å². The Balaban J connectivity index is 1.64. The summed E-state index contributed by atoms with van der Waals surface area (Å²) in [6, 6.07) is 15.3. The molecule has 0 aliphatic carbocycles. The van der Waals surface area contributed by atoms with Crippen LogP contribution in [0.5, 0.6) is 5.75 Å². The van der Waals surface area contributed by atoms with Gasteiger partial charge in [-0.2, -0.15) is 4.99 Å². The summed E-state index contributed by atoms with van der Waals surface area (Å²) in [5.41, 5.74) is 0.842. The summed E-state index contributed by atoms with van der Waals surface area (Å²) in [5, 5.41) is 2.84. The van der Waals surface area contributed by atoms with Gasteiger partial charge < -0.3 is 19.7 Å². The van der Waals surface area contributed by atoms with Crippen molar-refractivity contribution in [1.82, 2.24) is 5.32 Å². The molecule has 4 rings (SSSR count). The summed E-state index contributed by atoms with van der Waals surface area (Å²) in [6.07, 6.45) is -0.484. The number of benzene rings is 2. The predicted molar refractivity (Wildman–Crippen MR) is 150 cm³/mol. The Labute approximate surface area is 227 Å². The number of alkyl carbamates (subject to hydrolysis) is 1. The molecule has 2 amide bonds. The zero-order valence-corrected chi connectivity index (χ0v) is 23.6. The minimum atomic E-state index is -3.21. The van der Waals surface area contributed by atoms with Gasteiger partial charge >= 0.3 is 6.09 Å². The van der Waals surface area contributed by atoms with Gasteiger partial charge in [0.15, 0.2) is 15.0 Å². The minimum Gasteiger partial charge on any atom is -0.494 e. The van der Waals surface area contributed by atoms with Crippen LogP contribution >= 0.6 is 11.8 Å². The predicted octanol–water partition coefficient (Wildman–Crippen LogP) is 3.82. The van der Waals surface area contributed by atoms with Crippen LogP contribution in [-0.2, 0) is 25.8 Å². The number of thioether (sulfide) groups is 1. The average molecular weight is 560 g/mol. The Morgan fingerprint density at radius 2 is 1.79 bits per heavy atom. The number of carbonyl (C=O) groups is 2. The van der Waals surface area contributed by atoms with Crippen molar-refractivity contribution in [3.8, 4) is 5.75 Å². The molecule has 204 valence electrons. The van der Waals surface area contributed by atoms with E-state index in [9.17, 15) is 18.0 Å².